The molecule has 1 aromatic carbocycles. The van der Waals surface area contributed by atoms with E-state index in [1.54, 1.807) is 0 Å². The second-order valence-corrected chi connectivity index (χ2v) is 13.7. The highest BCUT2D eigenvalue weighted by molar-refractivity contribution is 14.1. The van der Waals surface area contributed by atoms with Crippen LogP contribution in [-0.4, -0.2) is 37.8 Å². The molecule has 2 amide bonds. The van der Waals surface area contributed by atoms with Gasteiger partial charge in [-0.15, -0.1) is 0 Å². The fraction of sp³-hybridized carbons (Fsp3) is 0.680. The van der Waals surface area contributed by atoms with Crippen LogP contribution in [0.3, 0.4) is 0 Å². The summed E-state index contributed by atoms with van der Waals surface area (Å²) in [6.07, 6.45) is 17.5. The van der Waals surface area contributed by atoms with Crippen molar-refractivity contribution in [2.24, 2.45) is 0 Å². The van der Waals surface area contributed by atoms with Crippen molar-refractivity contribution >= 4 is 53.2 Å². The van der Waals surface area contributed by atoms with Crippen molar-refractivity contribution in [3.63, 3.8) is 0 Å². The Morgan fingerprint density at radius 2 is 1.18 bits per heavy atom. The van der Waals surface area contributed by atoms with Crippen molar-refractivity contribution in [2.75, 3.05) is 0 Å². The standard InChI is InChI=1S/C25H40INO9S2/c1-2-3-4-5-6-7-8-9-10-11-12-13-14-15-16-17-23(28)27-25(29)21-18-20(37(31,32)33)19-22(24(21)26-30)38(34,35)36/h18-19H,2-17H2,1H3,(H,27,28,29)(H,31,32,33)(H,34,35,36). The number of amides is 2. The molecular formula is C25H40INO9S2. The van der Waals surface area contributed by atoms with Gasteiger partial charge in [0.25, 0.3) is 26.1 Å². The molecule has 0 unspecified atom stereocenters. The van der Waals surface area contributed by atoms with E-state index in [2.05, 4.69) is 6.92 Å². The third-order valence-electron chi connectivity index (χ3n) is 6.17. The summed E-state index contributed by atoms with van der Waals surface area (Å²) in [5.41, 5.74) is -0.680. The monoisotopic (exact) mass is 689 g/mol. The predicted octanol–water partition coefficient (Wildman–Crippen LogP) is 6.18. The third kappa shape index (κ3) is 13.7. The molecule has 3 N–H and O–H groups in total. The molecule has 13 heteroatoms. The van der Waals surface area contributed by atoms with E-state index in [1.165, 1.54) is 64.2 Å². The van der Waals surface area contributed by atoms with Gasteiger partial charge in [-0.3, -0.25) is 27.1 Å². The van der Waals surface area contributed by atoms with Gasteiger partial charge in [0.2, 0.25) is 5.91 Å². The molecule has 0 heterocycles. The van der Waals surface area contributed by atoms with Gasteiger partial charge in [0.05, 0.1) is 14.0 Å². The summed E-state index contributed by atoms with van der Waals surface area (Å²) in [6.45, 7) is 2.22. The summed E-state index contributed by atoms with van der Waals surface area (Å²) < 4.78 is 75.9. The number of hydrogen-bond donors (Lipinski definition) is 3. The number of nitrogens with one attached hydrogen (secondary N) is 1. The van der Waals surface area contributed by atoms with E-state index in [1.807, 2.05) is 5.32 Å². The molecule has 0 fully saturated rings. The van der Waals surface area contributed by atoms with Crippen molar-refractivity contribution in [2.45, 2.75) is 119 Å². The summed E-state index contributed by atoms with van der Waals surface area (Å²) in [5, 5.41) is 2.03. The van der Waals surface area contributed by atoms with E-state index in [9.17, 15) is 38.6 Å². The smallest absolute Gasteiger partial charge is 0.292 e. The van der Waals surface area contributed by atoms with Crippen LogP contribution in [-0.2, 0) is 28.1 Å². The first-order valence-corrected chi connectivity index (χ1v) is 18.0. The second-order valence-electron chi connectivity index (χ2n) is 9.39. The Balaban J connectivity index is 2.40. The van der Waals surface area contributed by atoms with Crippen molar-refractivity contribution in [1.29, 1.82) is 0 Å². The zero-order chi connectivity index (χ0) is 28.6. The Morgan fingerprint density at radius 3 is 1.58 bits per heavy atom. The highest BCUT2D eigenvalue weighted by Crippen LogP contribution is 2.28. The molecular weight excluding hydrogens is 649 g/mol. The third-order valence-corrected chi connectivity index (χ3v) is 9.85. The highest BCUT2D eigenvalue weighted by atomic mass is 127. The van der Waals surface area contributed by atoms with Gasteiger partial charge in [-0.05, 0) is 18.6 Å². The Labute approximate surface area is 236 Å². The number of benzene rings is 1. The van der Waals surface area contributed by atoms with Gasteiger partial charge in [-0.2, -0.15) is 16.8 Å². The lowest BCUT2D eigenvalue weighted by Gasteiger charge is -2.10. The zero-order valence-corrected chi connectivity index (χ0v) is 25.7. The number of rotatable bonds is 20. The zero-order valence-electron chi connectivity index (χ0n) is 21.9. The maximum Gasteiger partial charge on any atom is 0.295 e. The van der Waals surface area contributed by atoms with Gasteiger partial charge in [0.15, 0.2) is 21.2 Å². The van der Waals surface area contributed by atoms with Crippen LogP contribution in [0.4, 0.5) is 0 Å². The molecule has 0 bridgehead atoms. The average molecular weight is 690 g/mol. The number of imide groups is 1. The maximum absolute atomic E-state index is 12.5. The lowest BCUT2D eigenvalue weighted by molar-refractivity contribution is -0.120. The Kier molecular flexibility index (Phi) is 16.6. The van der Waals surface area contributed by atoms with E-state index in [0.29, 0.717) is 18.6 Å². The predicted molar refractivity (Wildman–Crippen MR) is 151 cm³/mol. The first kappa shape index (κ1) is 34.7. The number of halogens is 1. The minimum atomic E-state index is -5.06. The number of carbonyl (C=O) groups is 2. The fourth-order valence-electron chi connectivity index (χ4n) is 4.07. The van der Waals surface area contributed by atoms with Gasteiger partial charge in [-0.25, -0.2) is 0 Å². The second kappa shape index (κ2) is 18.1. The quantitative estimate of drug-likeness (QED) is 0.0821. The molecule has 38 heavy (non-hydrogen) atoms. The Bertz CT molecular complexity index is 1140. The minimum absolute atomic E-state index is 0.0227. The molecule has 0 radical (unpaired) electrons. The topological polar surface area (TPSA) is 172 Å². The van der Waals surface area contributed by atoms with Crippen molar-refractivity contribution in [3.05, 3.63) is 21.3 Å². The summed E-state index contributed by atoms with van der Waals surface area (Å²) in [5.74, 6) is -1.83. The van der Waals surface area contributed by atoms with Crippen LogP contribution in [0.5, 0.6) is 0 Å². The van der Waals surface area contributed by atoms with E-state index < -0.39 is 72.2 Å². The number of hydrogen-bond acceptors (Lipinski definition) is 7. The molecule has 0 aliphatic rings. The van der Waals surface area contributed by atoms with Crippen molar-refractivity contribution in [1.82, 2.24) is 5.32 Å². The molecule has 218 valence electrons. The van der Waals surface area contributed by atoms with Gasteiger partial charge in [-0.1, -0.05) is 96.8 Å². The molecule has 1 rings (SSSR count). The maximum atomic E-state index is 12.5. The van der Waals surface area contributed by atoms with Crippen molar-refractivity contribution in [3.8, 4) is 0 Å². The first-order chi connectivity index (χ1) is 17.9. The van der Waals surface area contributed by atoms with E-state index >= 15 is 0 Å². The molecule has 0 aliphatic heterocycles. The normalized spacial score (nSPS) is 12.0. The number of carbonyl (C=O) groups excluding carboxylic acids is 2. The van der Waals surface area contributed by atoms with E-state index in [-0.39, 0.29) is 6.42 Å². The summed E-state index contributed by atoms with van der Waals surface area (Å²) >= 11 is -2.38. The molecule has 0 saturated heterocycles. The van der Waals surface area contributed by atoms with E-state index in [0.717, 1.165) is 25.7 Å². The van der Waals surface area contributed by atoms with Crippen LogP contribution in [0.2, 0.25) is 0 Å². The van der Waals surface area contributed by atoms with E-state index in [4.69, 9.17) is 0 Å². The molecule has 0 spiro atoms. The molecule has 10 nitrogen and oxygen atoms in total. The van der Waals surface area contributed by atoms with Crippen LogP contribution >= 0.6 is 21.2 Å². The molecule has 0 aliphatic carbocycles. The molecule has 1 aromatic rings. The van der Waals surface area contributed by atoms with Gasteiger partial charge >= 0.3 is 0 Å². The van der Waals surface area contributed by atoms with Crippen LogP contribution in [0.25, 0.3) is 0 Å². The largest absolute Gasteiger partial charge is 0.295 e. The lowest BCUT2D eigenvalue weighted by Crippen LogP contribution is -2.31. The van der Waals surface area contributed by atoms with Crippen LogP contribution in [0.15, 0.2) is 21.9 Å². The number of unbranched alkanes of at least 4 members (excludes halogenated alkanes) is 14. The summed E-state index contributed by atoms with van der Waals surface area (Å²) in [4.78, 5) is 22.7. The Hall–Kier alpha value is -1.29. The first-order valence-electron chi connectivity index (χ1n) is 13.2. The van der Waals surface area contributed by atoms with Crippen LogP contribution in [0, 0.1) is 3.57 Å². The lowest BCUT2D eigenvalue weighted by atomic mass is 10.0. The fourth-order valence-corrected chi connectivity index (χ4v) is 7.34. The molecule has 0 atom stereocenters. The van der Waals surface area contributed by atoms with Gasteiger partial charge < -0.3 is 0 Å². The summed E-state index contributed by atoms with van der Waals surface area (Å²) in [7, 11) is -10.0. The molecule has 0 saturated carbocycles. The van der Waals surface area contributed by atoms with Crippen molar-refractivity contribution < 1.29 is 38.6 Å². The average Bonchev–Trinajstić information content (AvgIpc) is 2.84. The van der Waals surface area contributed by atoms with Crippen LogP contribution in [0.1, 0.15) is 120 Å². The molecule has 0 aromatic heterocycles. The SMILES string of the molecule is CCCCCCCCCCCCCCCCCC(=O)NC(=O)c1cc(S(=O)(=O)O)cc(S(=O)(=O)O)c1I=O. The van der Waals surface area contributed by atoms with Gasteiger partial charge in [0, 0.05) is 6.42 Å². The summed E-state index contributed by atoms with van der Waals surface area (Å²) in [6, 6.07) is 1.03. The van der Waals surface area contributed by atoms with Crippen LogP contribution < -0.4 is 5.32 Å². The Morgan fingerprint density at radius 1 is 0.737 bits per heavy atom. The highest BCUT2D eigenvalue weighted by Gasteiger charge is 2.27. The minimum Gasteiger partial charge on any atom is -0.292 e. The van der Waals surface area contributed by atoms with Gasteiger partial charge in [0.1, 0.15) is 4.90 Å².